The van der Waals surface area contributed by atoms with Crippen LogP contribution in [0.2, 0.25) is 0 Å². The number of aromatic nitrogens is 3. The lowest BCUT2D eigenvalue weighted by Crippen LogP contribution is -2.03. The summed E-state index contributed by atoms with van der Waals surface area (Å²) in [5.41, 5.74) is -0.0138. The van der Waals surface area contributed by atoms with Crippen molar-refractivity contribution in [3.8, 4) is 5.82 Å². The summed E-state index contributed by atoms with van der Waals surface area (Å²) in [6.45, 7) is 0. The molecule has 2 rings (SSSR count). The fourth-order valence-corrected chi connectivity index (χ4v) is 0.997. The van der Waals surface area contributed by atoms with Crippen molar-refractivity contribution in [2.75, 3.05) is 0 Å². The molecule has 0 aromatic carbocycles. The third kappa shape index (κ3) is 1.61. The quantitative estimate of drug-likeness (QED) is 0.635. The minimum Gasteiger partial charge on any atom is -0.307 e. The third-order valence-electron chi connectivity index (χ3n) is 1.62. The lowest BCUT2D eigenvalue weighted by molar-refractivity contribution is 0.905. The lowest BCUT2D eigenvalue weighted by Gasteiger charge is -2.01. The van der Waals surface area contributed by atoms with E-state index in [-0.39, 0.29) is 5.43 Å². The van der Waals surface area contributed by atoms with E-state index in [0.717, 1.165) is 0 Å². The summed E-state index contributed by atoms with van der Waals surface area (Å²) in [6, 6.07) is 6.57. The van der Waals surface area contributed by atoms with E-state index in [1.807, 2.05) is 6.07 Å². The molecule has 0 fully saturated rings. The Hall–Kier alpha value is -1.97. The van der Waals surface area contributed by atoms with Crippen molar-refractivity contribution in [3.63, 3.8) is 0 Å². The molecule has 0 N–H and O–H groups in total. The van der Waals surface area contributed by atoms with Crippen LogP contribution in [0.3, 0.4) is 0 Å². The van der Waals surface area contributed by atoms with Crippen molar-refractivity contribution in [1.29, 1.82) is 0 Å². The first kappa shape index (κ1) is 7.67. The number of hydrogen-bond acceptors (Lipinski definition) is 3. The minimum atomic E-state index is -0.0138. The Bertz CT molecular complexity index is 429. The second-order valence-electron chi connectivity index (χ2n) is 2.52. The maximum absolute atomic E-state index is 10.8. The van der Waals surface area contributed by atoms with Gasteiger partial charge in [-0.1, -0.05) is 0 Å². The molecule has 0 aliphatic carbocycles. The molecule has 0 amide bonds. The topological polar surface area (TPSA) is 47.8 Å². The lowest BCUT2D eigenvalue weighted by atomic mass is 10.4. The number of nitrogens with zero attached hydrogens (tertiary/aromatic N) is 3. The summed E-state index contributed by atoms with van der Waals surface area (Å²) >= 11 is 0. The molecular formula is C9H7N3O. The predicted octanol–water partition coefficient (Wildman–Crippen LogP) is 0.627. The van der Waals surface area contributed by atoms with Crippen LogP contribution < -0.4 is 5.43 Å². The van der Waals surface area contributed by atoms with Gasteiger partial charge in [0.25, 0.3) is 0 Å². The Morgan fingerprint density at radius 2 is 1.92 bits per heavy atom. The first-order valence-electron chi connectivity index (χ1n) is 3.83. The molecule has 0 aliphatic rings. The average Bonchev–Trinajstić information content (AvgIpc) is 2.20. The molecule has 4 heteroatoms. The van der Waals surface area contributed by atoms with Crippen LogP contribution in [0.25, 0.3) is 5.82 Å². The van der Waals surface area contributed by atoms with Gasteiger partial charge in [0.1, 0.15) is 0 Å². The van der Waals surface area contributed by atoms with Gasteiger partial charge in [0.2, 0.25) is 0 Å². The van der Waals surface area contributed by atoms with Gasteiger partial charge in [-0.05, 0) is 12.1 Å². The van der Waals surface area contributed by atoms with Gasteiger partial charge in [0.05, 0.1) is 0 Å². The van der Waals surface area contributed by atoms with Crippen molar-refractivity contribution >= 4 is 0 Å². The van der Waals surface area contributed by atoms with Gasteiger partial charge in [0.15, 0.2) is 11.2 Å². The maximum Gasteiger partial charge on any atom is 0.181 e. The first-order chi connectivity index (χ1) is 6.36. The Morgan fingerprint density at radius 3 is 2.54 bits per heavy atom. The second-order valence-corrected chi connectivity index (χ2v) is 2.52. The summed E-state index contributed by atoms with van der Waals surface area (Å²) < 4.78 is 1.73. The van der Waals surface area contributed by atoms with Gasteiger partial charge in [-0.25, -0.2) is 0 Å². The Labute approximate surface area is 74.5 Å². The molecule has 2 aromatic rings. The highest BCUT2D eigenvalue weighted by molar-refractivity contribution is 5.19. The maximum atomic E-state index is 10.8. The molecule has 2 heterocycles. The van der Waals surface area contributed by atoms with Crippen molar-refractivity contribution in [2.45, 2.75) is 0 Å². The van der Waals surface area contributed by atoms with Crippen LogP contribution in [0, 0.1) is 0 Å². The minimum absolute atomic E-state index is 0.0138. The van der Waals surface area contributed by atoms with Gasteiger partial charge < -0.3 is 4.57 Å². The van der Waals surface area contributed by atoms with Crippen LogP contribution in [-0.4, -0.2) is 14.8 Å². The Balaban J connectivity index is 2.48. The first-order valence-corrected chi connectivity index (χ1v) is 3.83. The molecule has 0 spiro atoms. The van der Waals surface area contributed by atoms with E-state index in [0.29, 0.717) is 5.82 Å². The molecule has 0 unspecified atom stereocenters. The SMILES string of the molecule is O=c1ccn(-c2cccnn2)cc1. The van der Waals surface area contributed by atoms with Crippen LogP contribution in [0.4, 0.5) is 0 Å². The molecule has 0 aliphatic heterocycles. The second kappa shape index (κ2) is 3.18. The van der Waals surface area contributed by atoms with Crippen LogP contribution in [0.15, 0.2) is 47.7 Å². The zero-order valence-electron chi connectivity index (χ0n) is 6.79. The molecule has 0 bridgehead atoms. The van der Waals surface area contributed by atoms with E-state index in [4.69, 9.17) is 0 Å². The molecule has 2 aromatic heterocycles. The van der Waals surface area contributed by atoms with Gasteiger partial charge in [0, 0.05) is 30.7 Å². The molecule has 64 valence electrons. The summed E-state index contributed by atoms with van der Waals surface area (Å²) in [6.07, 6.45) is 4.92. The zero-order chi connectivity index (χ0) is 9.10. The van der Waals surface area contributed by atoms with Crippen LogP contribution in [0.1, 0.15) is 0 Å². The predicted molar refractivity (Wildman–Crippen MR) is 47.6 cm³/mol. The monoisotopic (exact) mass is 173 g/mol. The van der Waals surface area contributed by atoms with Gasteiger partial charge in [-0.15, -0.1) is 5.10 Å². The van der Waals surface area contributed by atoms with Crippen LogP contribution in [0.5, 0.6) is 0 Å². The third-order valence-corrected chi connectivity index (χ3v) is 1.62. The van der Waals surface area contributed by atoms with Crippen molar-refractivity contribution in [1.82, 2.24) is 14.8 Å². The largest absolute Gasteiger partial charge is 0.307 e. The summed E-state index contributed by atoms with van der Waals surface area (Å²) in [7, 11) is 0. The van der Waals surface area contributed by atoms with Gasteiger partial charge in [-0.2, -0.15) is 5.10 Å². The van der Waals surface area contributed by atoms with Gasteiger partial charge >= 0.3 is 0 Å². The summed E-state index contributed by atoms with van der Waals surface area (Å²) in [4.78, 5) is 10.8. The highest BCUT2D eigenvalue weighted by atomic mass is 16.1. The van der Waals surface area contributed by atoms with Crippen molar-refractivity contribution in [2.24, 2.45) is 0 Å². The molecule has 0 radical (unpaired) electrons. The van der Waals surface area contributed by atoms with Crippen LogP contribution in [-0.2, 0) is 0 Å². The Morgan fingerprint density at radius 1 is 1.15 bits per heavy atom. The van der Waals surface area contributed by atoms with E-state index in [2.05, 4.69) is 10.2 Å². The Kier molecular flexibility index (Phi) is 1.88. The summed E-state index contributed by atoms with van der Waals surface area (Å²) in [5.74, 6) is 0.697. The summed E-state index contributed by atoms with van der Waals surface area (Å²) in [5, 5.41) is 7.62. The number of pyridine rings is 1. The zero-order valence-corrected chi connectivity index (χ0v) is 6.79. The van der Waals surface area contributed by atoms with Crippen molar-refractivity contribution < 1.29 is 0 Å². The highest BCUT2D eigenvalue weighted by Gasteiger charge is 1.93. The normalized spacial score (nSPS) is 9.85. The van der Waals surface area contributed by atoms with E-state index in [1.54, 1.807) is 29.2 Å². The van der Waals surface area contributed by atoms with E-state index in [1.165, 1.54) is 12.1 Å². The number of hydrogen-bond donors (Lipinski definition) is 0. The number of rotatable bonds is 1. The van der Waals surface area contributed by atoms with E-state index in [9.17, 15) is 4.79 Å². The standard InChI is InChI=1S/C9H7N3O/c13-8-3-6-12(7-4-8)9-2-1-5-10-11-9/h1-7H. The fraction of sp³-hybridized carbons (Fsp3) is 0. The van der Waals surface area contributed by atoms with Crippen LogP contribution >= 0.6 is 0 Å². The van der Waals surface area contributed by atoms with E-state index >= 15 is 0 Å². The van der Waals surface area contributed by atoms with Gasteiger partial charge in [-0.3, -0.25) is 4.79 Å². The molecule has 13 heavy (non-hydrogen) atoms. The molecule has 0 saturated carbocycles. The average molecular weight is 173 g/mol. The molecule has 4 nitrogen and oxygen atoms in total. The smallest absolute Gasteiger partial charge is 0.181 e. The molecular weight excluding hydrogens is 166 g/mol. The molecule has 0 atom stereocenters. The van der Waals surface area contributed by atoms with E-state index < -0.39 is 0 Å². The highest BCUT2D eigenvalue weighted by Crippen LogP contribution is 1.98. The molecule has 0 saturated heterocycles. The van der Waals surface area contributed by atoms with Crippen molar-refractivity contribution in [3.05, 3.63) is 53.1 Å². The fourth-order valence-electron chi connectivity index (χ4n) is 0.997.